The quantitative estimate of drug-likeness (QED) is 0.525. The van der Waals surface area contributed by atoms with Gasteiger partial charge in [-0.15, -0.1) is 0 Å². The van der Waals surface area contributed by atoms with E-state index in [0.29, 0.717) is 28.0 Å². The Bertz CT molecular complexity index is 972. The van der Waals surface area contributed by atoms with Crippen molar-refractivity contribution in [2.45, 2.75) is 37.5 Å². The van der Waals surface area contributed by atoms with Crippen molar-refractivity contribution in [1.82, 2.24) is 14.9 Å². The minimum absolute atomic E-state index is 0.00902. The van der Waals surface area contributed by atoms with Crippen LogP contribution in [0.15, 0.2) is 53.8 Å². The molecule has 0 aliphatic rings. The van der Waals surface area contributed by atoms with Crippen molar-refractivity contribution < 1.29 is 14.3 Å². The zero-order valence-corrected chi connectivity index (χ0v) is 17.4. The number of aromatic nitrogens is 2. The lowest BCUT2D eigenvalue weighted by Gasteiger charge is -2.12. The van der Waals surface area contributed by atoms with Crippen LogP contribution in [0.3, 0.4) is 0 Å². The number of imidazole rings is 1. The monoisotopic (exact) mass is 433 g/mol. The molecule has 8 heteroatoms. The normalized spacial score (nSPS) is 10.9. The van der Waals surface area contributed by atoms with Crippen molar-refractivity contribution in [3.8, 4) is 0 Å². The number of carbonyl (C=O) groups is 1. The third-order valence-corrected chi connectivity index (χ3v) is 5.75. The highest BCUT2D eigenvalue weighted by Crippen LogP contribution is 2.28. The summed E-state index contributed by atoms with van der Waals surface area (Å²) < 4.78 is 15.6. The van der Waals surface area contributed by atoms with E-state index in [0.717, 1.165) is 11.1 Å². The molecule has 2 aromatic carbocycles. The van der Waals surface area contributed by atoms with Crippen LogP contribution in [0.1, 0.15) is 22.4 Å². The lowest BCUT2D eigenvalue weighted by atomic mass is 10.1. The van der Waals surface area contributed by atoms with E-state index in [1.165, 1.54) is 24.0 Å². The number of amides is 1. The number of carbonyl (C=O) groups excluding carboxylic acids is 1. The molecule has 1 heterocycles. The van der Waals surface area contributed by atoms with Crippen LogP contribution in [0.2, 0.25) is 5.02 Å². The zero-order valence-electron chi connectivity index (χ0n) is 15.9. The highest BCUT2D eigenvalue weighted by Gasteiger charge is 2.15. The van der Waals surface area contributed by atoms with Gasteiger partial charge in [0.1, 0.15) is 12.4 Å². The third kappa shape index (κ3) is 5.59. The second kappa shape index (κ2) is 9.91. The van der Waals surface area contributed by atoms with E-state index in [9.17, 15) is 14.3 Å². The van der Waals surface area contributed by atoms with Gasteiger partial charge in [-0.2, -0.15) is 0 Å². The molecule has 29 heavy (non-hydrogen) atoms. The first-order chi connectivity index (χ1) is 14.0. The number of hydrogen-bond donors (Lipinski definition) is 2. The van der Waals surface area contributed by atoms with E-state index >= 15 is 0 Å². The first kappa shape index (κ1) is 21.4. The van der Waals surface area contributed by atoms with Gasteiger partial charge >= 0.3 is 0 Å². The average Bonchev–Trinajstić information content (AvgIpc) is 3.08. The maximum absolute atomic E-state index is 14.0. The Balaban J connectivity index is 1.66. The van der Waals surface area contributed by atoms with Crippen molar-refractivity contribution in [3.05, 3.63) is 81.9 Å². The van der Waals surface area contributed by atoms with Gasteiger partial charge in [-0.25, -0.2) is 9.37 Å². The number of halogens is 2. The minimum atomic E-state index is -0.388. The van der Waals surface area contributed by atoms with Gasteiger partial charge in [-0.1, -0.05) is 59.3 Å². The molecular formula is C21H21ClFN3O2S. The Morgan fingerprint density at radius 1 is 1.28 bits per heavy atom. The number of hydrogen-bond acceptors (Lipinski definition) is 4. The molecule has 0 aliphatic heterocycles. The molecular weight excluding hydrogens is 413 g/mol. The Labute approximate surface area is 177 Å². The molecule has 0 radical (unpaired) electrons. The Kier molecular flexibility index (Phi) is 7.30. The van der Waals surface area contributed by atoms with Gasteiger partial charge in [0.05, 0.1) is 18.5 Å². The van der Waals surface area contributed by atoms with Crippen LogP contribution in [0.4, 0.5) is 4.39 Å². The summed E-state index contributed by atoms with van der Waals surface area (Å²) in [5.74, 6) is -0.330. The molecule has 3 rings (SSSR count). The van der Waals surface area contributed by atoms with Gasteiger partial charge in [0.25, 0.3) is 0 Å². The minimum Gasteiger partial charge on any atom is -0.390 e. The van der Waals surface area contributed by atoms with E-state index in [2.05, 4.69) is 10.3 Å². The lowest BCUT2D eigenvalue weighted by molar-refractivity contribution is -0.122. The zero-order chi connectivity index (χ0) is 20.8. The first-order valence-electron chi connectivity index (χ1n) is 9.01. The average molecular weight is 434 g/mol. The van der Waals surface area contributed by atoms with E-state index < -0.39 is 0 Å². The van der Waals surface area contributed by atoms with Crippen molar-refractivity contribution >= 4 is 29.3 Å². The van der Waals surface area contributed by atoms with Gasteiger partial charge in [-0.3, -0.25) is 4.79 Å². The molecule has 0 saturated carbocycles. The first-order valence-corrected chi connectivity index (χ1v) is 10.4. The van der Waals surface area contributed by atoms with E-state index in [1.54, 1.807) is 16.7 Å². The maximum Gasteiger partial charge on any atom is 0.240 e. The van der Waals surface area contributed by atoms with Crippen LogP contribution in [-0.4, -0.2) is 20.6 Å². The number of aliphatic hydroxyl groups is 1. The van der Waals surface area contributed by atoms with Gasteiger partial charge < -0.3 is 15.0 Å². The van der Waals surface area contributed by atoms with Gasteiger partial charge in [0.15, 0.2) is 5.16 Å². The predicted octanol–water partition coefficient (Wildman–Crippen LogP) is 4.09. The largest absolute Gasteiger partial charge is 0.390 e. The summed E-state index contributed by atoms with van der Waals surface area (Å²) in [6, 6.07) is 12.4. The van der Waals surface area contributed by atoms with E-state index in [4.69, 9.17) is 11.6 Å². The molecule has 0 atom stereocenters. The predicted molar refractivity (Wildman–Crippen MR) is 112 cm³/mol. The fourth-order valence-corrected chi connectivity index (χ4v) is 4.06. The maximum atomic E-state index is 14.0. The van der Waals surface area contributed by atoms with Gasteiger partial charge in [0.2, 0.25) is 5.91 Å². The molecule has 1 aromatic heterocycles. The van der Waals surface area contributed by atoms with Crippen molar-refractivity contribution in [3.63, 3.8) is 0 Å². The second-order valence-corrected chi connectivity index (χ2v) is 7.88. The number of nitrogens with zero attached hydrogens (tertiary/aromatic N) is 2. The van der Waals surface area contributed by atoms with Crippen LogP contribution in [0, 0.1) is 12.7 Å². The standard InChI is InChI=1S/C21H21ClFN3O2S/c1-14-5-7-15(8-6-14)9-24-20(28)11-26-16(12-27)10-25-21(26)29-13-17-18(22)3-2-4-19(17)23/h2-8,10,27H,9,11-13H2,1H3,(H,24,28). The lowest BCUT2D eigenvalue weighted by Crippen LogP contribution is -2.28. The fourth-order valence-electron chi connectivity index (χ4n) is 2.72. The second-order valence-electron chi connectivity index (χ2n) is 6.53. The smallest absolute Gasteiger partial charge is 0.240 e. The summed E-state index contributed by atoms with van der Waals surface area (Å²) in [6.45, 7) is 2.18. The van der Waals surface area contributed by atoms with Crippen LogP contribution >= 0.6 is 23.4 Å². The highest BCUT2D eigenvalue weighted by molar-refractivity contribution is 7.98. The number of benzene rings is 2. The molecule has 1 amide bonds. The van der Waals surface area contributed by atoms with E-state index in [-0.39, 0.29) is 30.6 Å². The fraction of sp³-hybridized carbons (Fsp3) is 0.238. The summed E-state index contributed by atoms with van der Waals surface area (Å²) in [5.41, 5.74) is 3.05. The summed E-state index contributed by atoms with van der Waals surface area (Å²) in [5, 5.41) is 13.3. The Hall–Kier alpha value is -2.35. The summed E-state index contributed by atoms with van der Waals surface area (Å²) >= 11 is 7.34. The number of aryl methyl sites for hydroxylation is 1. The Morgan fingerprint density at radius 3 is 2.72 bits per heavy atom. The topological polar surface area (TPSA) is 67.2 Å². The van der Waals surface area contributed by atoms with Crippen molar-refractivity contribution in [2.24, 2.45) is 0 Å². The van der Waals surface area contributed by atoms with Gasteiger partial charge in [0, 0.05) is 22.9 Å². The summed E-state index contributed by atoms with van der Waals surface area (Å²) in [7, 11) is 0. The number of rotatable bonds is 8. The molecule has 2 N–H and O–H groups in total. The molecule has 0 bridgehead atoms. The SMILES string of the molecule is Cc1ccc(CNC(=O)Cn2c(CO)cnc2SCc2c(F)cccc2Cl)cc1. The third-order valence-electron chi connectivity index (χ3n) is 4.38. The molecule has 0 saturated heterocycles. The Morgan fingerprint density at radius 2 is 2.03 bits per heavy atom. The molecule has 0 fully saturated rings. The molecule has 152 valence electrons. The molecule has 0 aliphatic carbocycles. The van der Waals surface area contributed by atoms with Crippen LogP contribution in [-0.2, 0) is 30.2 Å². The molecule has 0 spiro atoms. The van der Waals surface area contributed by atoms with Crippen LogP contribution in [0.5, 0.6) is 0 Å². The summed E-state index contributed by atoms with van der Waals surface area (Å²) in [4.78, 5) is 16.7. The highest BCUT2D eigenvalue weighted by atomic mass is 35.5. The molecule has 3 aromatic rings. The van der Waals surface area contributed by atoms with Crippen molar-refractivity contribution in [2.75, 3.05) is 0 Å². The number of nitrogens with one attached hydrogen (secondary N) is 1. The van der Waals surface area contributed by atoms with Gasteiger partial charge in [-0.05, 0) is 24.6 Å². The summed E-state index contributed by atoms with van der Waals surface area (Å²) in [6.07, 6.45) is 1.51. The van der Waals surface area contributed by atoms with Crippen LogP contribution in [0.25, 0.3) is 0 Å². The number of aliphatic hydroxyl groups excluding tert-OH is 1. The molecule has 5 nitrogen and oxygen atoms in total. The number of thioether (sulfide) groups is 1. The van der Waals surface area contributed by atoms with E-state index in [1.807, 2.05) is 31.2 Å². The van der Waals surface area contributed by atoms with Crippen LogP contribution < -0.4 is 5.32 Å². The van der Waals surface area contributed by atoms with Crippen molar-refractivity contribution in [1.29, 1.82) is 0 Å². The molecule has 0 unspecified atom stereocenters.